The van der Waals surface area contributed by atoms with Crippen LogP contribution in [0.4, 0.5) is 0 Å². The maximum absolute atomic E-state index is 8.71. The second kappa shape index (κ2) is 12.4. The summed E-state index contributed by atoms with van der Waals surface area (Å²) in [6.07, 6.45) is 12.1. The van der Waals surface area contributed by atoms with Crippen LogP contribution < -0.4 is 4.74 Å². The number of benzene rings is 1. The molecule has 0 N–H and O–H groups in total. The minimum atomic E-state index is -1.89. The molecule has 0 unspecified atom stereocenters. The second-order valence-corrected chi connectivity index (χ2v) is 15.0. The molecule has 1 fully saturated rings. The summed E-state index contributed by atoms with van der Waals surface area (Å²) < 4.78 is 18.3. The number of rotatable bonds is 11. The Morgan fingerprint density at radius 1 is 1.16 bits per heavy atom. The first kappa shape index (κ1) is 26.4. The minimum absolute atomic E-state index is 0.175. The topological polar surface area (TPSA) is 51.5 Å². The van der Waals surface area contributed by atoms with Gasteiger partial charge >= 0.3 is 0 Å². The van der Waals surface area contributed by atoms with E-state index in [1.807, 2.05) is 24.3 Å². The van der Waals surface area contributed by atoms with Crippen molar-refractivity contribution in [1.82, 2.24) is 0 Å². The van der Waals surface area contributed by atoms with E-state index in [4.69, 9.17) is 19.2 Å². The van der Waals surface area contributed by atoms with Crippen LogP contribution in [-0.4, -0.2) is 28.1 Å². The van der Waals surface area contributed by atoms with E-state index in [9.17, 15) is 0 Å². The third kappa shape index (κ3) is 7.92. The number of hydrogen-bond donors (Lipinski definition) is 0. The van der Waals surface area contributed by atoms with Crippen molar-refractivity contribution >= 4 is 8.32 Å². The van der Waals surface area contributed by atoms with Gasteiger partial charge in [0.1, 0.15) is 5.75 Å². The quantitative estimate of drug-likeness (QED) is 0.204. The Morgan fingerprint density at radius 3 is 2.50 bits per heavy atom. The maximum Gasteiger partial charge on any atom is 0.192 e. The van der Waals surface area contributed by atoms with E-state index < -0.39 is 8.32 Å². The first-order chi connectivity index (χ1) is 15.2. The highest BCUT2D eigenvalue weighted by molar-refractivity contribution is 6.74. The monoisotopic (exact) mass is 455 g/mol. The van der Waals surface area contributed by atoms with Gasteiger partial charge in [-0.3, -0.25) is 0 Å². The van der Waals surface area contributed by atoms with Crippen LogP contribution in [0.1, 0.15) is 52.0 Å². The van der Waals surface area contributed by atoms with Gasteiger partial charge in [-0.1, -0.05) is 57.6 Å². The van der Waals surface area contributed by atoms with Crippen LogP contribution in [0.3, 0.4) is 0 Å². The first-order valence-corrected chi connectivity index (χ1v) is 14.7. The van der Waals surface area contributed by atoms with Crippen molar-refractivity contribution in [1.29, 1.82) is 5.26 Å². The van der Waals surface area contributed by atoms with Gasteiger partial charge in [0.15, 0.2) is 8.32 Å². The first-order valence-electron chi connectivity index (χ1n) is 11.8. The molecular formula is C27H41NO3Si. The van der Waals surface area contributed by atoms with Crippen molar-refractivity contribution in [2.24, 2.45) is 11.8 Å². The molecule has 0 saturated heterocycles. The van der Waals surface area contributed by atoms with E-state index in [-0.39, 0.29) is 11.1 Å². The predicted octanol–water partition coefficient (Wildman–Crippen LogP) is 7.04. The van der Waals surface area contributed by atoms with Gasteiger partial charge in [0.25, 0.3) is 0 Å². The largest absolute Gasteiger partial charge is 0.497 e. The molecule has 1 saturated carbocycles. The van der Waals surface area contributed by atoms with E-state index in [0.717, 1.165) is 18.8 Å². The number of methoxy groups -OCH3 is 1. The predicted molar refractivity (Wildman–Crippen MR) is 134 cm³/mol. The zero-order chi connectivity index (χ0) is 23.6. The third-order valence-electron chi connectivity index (χ3n) is 6.99. The molecule has 4 nitrogen and oxygen atoms in total. The van der Waals surface area contributed by atoms with Crippen molar-refractivity contribution < 1.29 is 13.9 Å². The van der Waals surface area contributed by atoms with Gasteiger partial charge in [-0.25, -0.2) is 0 Å². The minimum Gasteiger partial charge on any atom is -0.497 e. The number of ether oxygens (including phenoxy) is 2. The van der Waals surface area contributed by atoms with Gasteiger partial charge < -0.3 is 13.9 Å². The average Bonchev–Trinajstić information content (AvgIpc) is 3.21. The highest BCUT2D eigenvalue weighted by Crippen LogP contribution is 2.42. The highest BCUT2D eigenvalue weighted by Gasteiger charge is 2.42. The number of nitrogens with zero attached hydrogens (tertiary/aromatic N) is 1. The van der Waals surface area contributed by atoms with Gasteiger partial charge in [-0.2, -0.15) is 5.26 Å². The molecule has 0 aromatic heterocycles. The molecule has 32 heavy (non-hydrogen) atoms. The molecule has 1 aromatic carbocycles. The Kier molecular flexibility index (Phi) is 10.2. The maximum atomic E-state index is 8.71. The average molecular weight is 456 g/mol. The molecule has 0 radical (unpaired) electrons. The standard InChI is InChI=1S/C27H41NO3Si/c1-27(2,3)32(5,6)31-26(14-9-7-8-10-19-28)25-13-11-12-23(25)21-30-20-22-15-17-24(29-4)18-16-22/h7-10,15-18,23,25-26H,11-14,20-21H2,1-6H3/b9-7+,10-8+/t23-,25+,26-/m0/s1. The summed E-state index contributed by atoms with van der Waals surface area (Å²) >= 11 is 0. The summed E-state index contributed by atoms with van der Waals surface area (Å²) in [6.45, 7) is 13.0. The Morgan fingerprint density at radius 2 is 1.88 bits per heavy atom. The fourth-order valence-electron chi connectivity index (χ4n) is 4.07. The van der Waals surface area contributed by atoms with E-state index >= 15 is 0 Å². The Bertz CT molecular complexity index is 787. The lowest BCUT2D eigenvalue weighted by molar-refractivity contribution is 0.0345. The summed E-state index contributed by atoms with van der Waals surface area (Å²) in [5, 5.41) is 8.88. The molecule has 0 spiro atoms. The van der Waals surface area contributed by atoms with Crippen molar-refractivity contribution in [3.8, 4) is 11.8 Å². The lowest BCUT2D eigenvalue weighted by Crippen LogP contribution is -2.46. The SMILES string of the molecule is COc1ccc(COC[C@@H]2CCC[C@H]2[C@H](C/C=C/C=C/C#N)O[Si](C)(C)C(C)(C)C)cc1. The zero-order valence-corrected chi connectivity index (χ0v) is 21.8. The smallest absolute Gasteiger partial charge is 0.192 e. The molecule has 3 atom stereocenters. The Labute approximate surface area is 196 Å². The van der Waals surface area contributed by atoms with Crippen LogP contribution >= 0.6 is 0 Å². The van der Waals surface area contributed by atoms with Crippen LogP contribution in [0.15, 0.2) is 48.6 Å². The Balaban J connectivity index is 2.03. The normalized spacial score (nSPS) is 20.7. The van der Waals surface area contributed by atoms with Crippen molar-refractivity contribution in [2.75, 3.05) is 13.7 Å². The summed E-state index contributed by atoms with van der Waals surface area (Å²) in [6, 6.07) is 10.1. The number of nitriles is 1. The number of allylic oxidation sites excluding steroid dienone is 3. The molecular weight excluding hydrogens is 414 g/mol. The fourth-order valence-corrected chi connectivity index (χ4v) is 5.45. The van der Waals surface area contributed by atoms with Crippen LogP contribution in [0.5, 0.6) is 5.75 Å². The molecule has 1 aliphatic carbocycles. The van der Waals surface area contributed by atoms with Gasteiger partial charge in [-0.05, 0) is 66.9 Å². The summed E-state index contributed by atoms with van der Waals surface area (Å²) in [4.78, 5) is 0. The molecule has 1 aliphatic rings. The van der Waals surface area contributed by atoms with Gasteiger partial charge in [-0.15, -0.1) is 0 Å². The molecule has 0 bridgehead atoms. The van der Waals surface area contributed by atoms with Gasteiger partial charge in [0, 0.05) is 6.08 Å². The van der Waals surface area contributed by atoms with Gasteiger partial charge in [0.05, 0.1) is 32.5 Å². The molecule has 5 heteroatoms. The van der Waals surface area contributed by atoms with Crippen LogP contribution in [0.2, 0.25) is 18.1 Å². The molecule has 2 rings (SSSR count). The second-order valence-electron chi connectivity index (χ2n) is 10.3. The molecule has 0 amide bonds. The van der Waals surface area contributed by atoms with E-state index in [1.54, 1.807) is 13.2 Å². The highest BCUT2D eigenvalue weighted by atomic mass is 28.4. The zero-order valence-electron chi connectivity index (χ0n) is 20.8. The third-order valence-corrected chi connectivity index (χ3v) is 11.5. The number of hydrogen-bond acceptors (Lipinski definition) is 4. The fraction of sp³-hybridized carbons (Fsp3) is 0.593. The summed E-state index contributed by atoms with van der Waals surface area (Å²) in [7, 11) is -0.207. The molecule has 0 heterocycles. The van der Waals surface area contributed by atoms with Crippen molar-refractivity contribution in [3.05, 3.63) is 54.1 Å². The van der Waals surface area contributed by atoms with E-state index in [0.29, 0.717) is 18.4 Å². The lowest BCUT2D eigenvalue weighted by atomic mass is 9.89. The van der Waals surface area contributed by atoms with E-state index in [2.05, 4.69) is 52.1 Å². The van der Waals surface area contributed by atoms with Crippen LogP contribution in [0, 0.1) is 23.2 Å². The van der Waals surface area contributed by atoms with Crippen molar-refractivity contribution in [2.45, 2.75) is 77.3 Å². The Hall–Kier alpha value is -1.87. The lowest BCUT2D eigenvalue weighted by Gasteiger charge is -2.42. The molecule has 0 aliphatic heterocycles. The van der Waals surface area contributed by atoms with Gasteiger partial charge in [0.2, 0.25) is 0 Å². The van der Waals surface area contributed by atoms with Crippen molar-refractivity contribution in [3.63, 3.8) is 0 Å². The van der Waals surface area contributed by atoms with Crippen LogP contribution in [-0.2, 0) is 15.8 Å². The molecule has 1 aromatic rings. The molecule has 176 valence electrons. The van der Waals surface area contributed by atoms with Crippen LogP contribution in [0.25, 0.3) is 0 Å². The van der Waals surface area contributed by atoms with E-state index in [1.165, 1.54) is 30.9 Å². The summed E-state index contributed by atoms with van der Waals surface area (Å²) in [5.41, 5.74) is 1.17. The summed E-state index contributed by atoms with van der Waals surface area (Å²) in [5.74, 6) is 1.89.